The van der Waals surface area contributed by atoms with Crippen LogP contribution in [0.4, 0.5) is 0 Å². The molecule has 3 nitrogen and oxygen atoms in total. The largest absolute Gasteiger partial charge is 0.299 e. The van der Waals surface area contributed by atoms with E-state index in [1.807, 2.05) is 36.4 Å². The molecule has 0 radical (unpaired) electrons. The van der Waals surface area contributed by atoms with E-state index in [1.165, 1.54) is 70.2 Å². The maximum Gasteiger partial charge on any atom is 0.163 e. The fraction of sp³-hybridized carbons (Fsp3) is 0.492. The van der Waals surface area contributed by atoms with Gasteiger partial charge in [0.05, 0.1) is 0 Å². The normalized spacial score (nSPS) is 17.9. The van der Waals surface area contributed by atoms with Crippen LogP contribution >= 0.6 is 0 Å². The summed E-state index contributed by atoms with van der Waals surface area (Å²) >= 11 is 0. The summed E-state index contributed by atoms with van der Waals surface area (Å²) in [5.41, 5.74) is 15.0. The maximum absolute atomic E-state index is 13.7. The first-order chi connectivity index (χ1) is 30.2. The Hall–Kier alpha value is -4.63. The lowest BCUT2D eigenvalue weighted by atomic mass is 9.63. The Morgan fingerprint density at radius 3 is 1.34 bits per heavy atom. The van der Waals surface area contributed by atoms with E-state index >= 15 is 0 Å². The topological polar surface area (TPSA) is 51.2 Å². The minimum Gasteiger partial charge on any atom is -0.299 e. The van der Waals surface area contributed by atoms with Crippen molar-refractivity contribution in [2.75, 3.05) is 0 Å². The zero-order valence-electron chi connectivity index (χ0n) is 41.4. The summed E-state index contributed by atoms with van der Waals surface area (Å²) in [5.74, 6) is 0.0931. The lowest BCUT2D eigenvalue weighted by Crippen LogP contribution is -2.33. The second-order valence-corrected chi connectivity index (χ2v) is 22.2. The lowest BCUT2D eigenvalue weighted by molar-refractivity contribution is -0.123. The van der Waals surface area contributed by atoms with E-state index in [4.69, 9.17) is 0 Å². The van der Waals surface area contributed by atoms with E-state index < -0.39 is 0 Å². The van der Waals surface area contributed by atoms with Crippen molar-refractivity contribution in [1.29, 1.82) is 0 Å². The third-order valence-corrected chi connectivity index (χ3v) is 15.2. The highest BCUT2D eigenvalue weighted by molar-refractivity contribution is 5.99. The Bertz CT molecular complexity index is 2360. The van der Waals surface area contributed by atoms with Crippen LogP contribution in [-0.4, -0.2) is 17.3 Å². The number of allylic oxidation sites excluding steroid dienone is 2. The average Bonchev–Trinajstić information content (AvgIpc) is 3.26. The molecular weight excluding hydrogens is 781 g/mol. The van der Waals surface area contributed by atoms with Crippen LogP contribution in [0.3, 0.4) is 0 Å². The first kappa shape index (κ1) is 48.8. The van der Waals surface area contributed by atoms with Crippen molar-refractivity contribution >= 4 is 40.6 Å². The van der Waals surface area contributed by atoms with E-state index in [0.717, 1.165) is 55.2 Å². The molecule has 3 heteroatoms. The van der Waals surface area contributed by atoms with E-state index in [0.29, 0.717) is 24.8 Å². The minimum absolute atomic E-state index is 0.0277. The summed E-state index contributed by atoms with van der Waals surface area (Å²) in [4.78, 5) is 40.4. The fourth-order valence-electron chi connectivity index (χ4n) is 10.3. The van der Waals surface area contributed by atoms with E-state index in [-0.39, 0.29) is 51.3 Å². The van der Waals surface area contributed by atoms with Crippen molar-refractivity contribution in [3.63, 3.8) is 0 Å². The first-order valence-corrected chi connectivity index (χ1v) is 24.7. The third-order valence-electron chi connectivity index (χ3n) is 15.2. The summed E-state index contributed by atoms with van der Waals surface area (Å²) in [6.45, 7) is 25.4. The third kappa shape index (κ3) is 11.8. The summed E-state index contributed by atoms with van der Waals surface area (Å²) in [6.07, 6.45) is 16.5. The molecule has 0 saturated heterocycles. The van der Waals surface area contributed by atoms with Gasteiger partial charge in [-0.25, -0.2) is 0 Å². The minimum atomic E-state index is -0.288. The van der Waals surface area contributed by atoms with Gasteiger partial charge in [-0.05, 0) is 136 Å². The average molecular weight is 859 g/mol. The Morgan fingerprint density at radius 1 is 0.484 bits per heavy atom. The van der Waals surface area contributed by atoms with Crippen molar-refractivity contribution < 1.29 is 14.4 Å². The summed E-state index contributed by atoms with van der Waals surface area (Å²) < 4.78 is 0. The molecule has 0 amide bonds. The molecule has 2 aliphatic carbocycles. The number of hydrogen-bond acceptors (Lipinski definition) is 3. The van der Waals surface area contributed by atoms with Crippen LogP contribution in [0.2, 0.25) is 0 Å². The predicted molar refractivity (Wildman–Crippen MR) is 272 cm³/mol. The van der Waals surface area contributed by atoms with Crippen molar-refractivity contribution in [2.45, 2.75) is 188 Å². The molecule has 4 aromatic rings. The fourth-order valence-corrected chi connectivity index (χ4v) is 10.3. The Morgan fingerprint density at radius 2 is 0.891 bits per heavy atom. The zero-order chi connectivity index (χ0) is 46.5. The molecule has 1 unspecified atom stereocenters. The first-order valence-electron chi connectivity index (χ1n) is 24.7. The molecule has 340 valence electrons. The molecule has 0 heterocycles. The van der Waals surface area contributed by atoms with Gasteiger partial charge in [0.2, 0.25) is 0 Å². The maximum atomic E-state index is 13.7. The number of ketones is 3. The molecular formula is C61H78O3. The summed E-state index contributed by atoms with van der Waals surface area (Å²) in [6, 6.07) is 29.9. The quantitative estimate of drug-likeness (QED) is 0.0536. The Labute approximate surface area is 387 Å². The van der Waals surface area contributed by atoms with Crippen LogP contribution in [0, 0.1) is 5.92 Å². The van der Waals surface area contributed by atoms with Crippen LogP contribution in [-0.2, 0) is 26.5 Å². The van der Waals surface area contributed by atoms with Gasteiger partial charge in [0.25, 0.3) is 0 Å². The number of unbranched alkanes of at least 4 members (excludes halogenated alkanes) is 4. The van der Waals surface area contributed by atoms with Gasteiger partial charge in [-0.15, -0.1) is 0 Å². The standard InChI is InChI=1S/C61H78O3/c1-12-13-15-19-56(63)50(41-57(64)47-27-23-45(24-28-47)38-43(3)49-30-32-52-54(40-49)61(10,11)36-34-59(52,6)7)18-16-14-17-20-55(62)46-25-21-44(22-26-46)37-42(2)48-29-31-51-53(39-48)60(8,9)35-33-58(51,4)5/h21-32,37-40,50H,12-20,33-36,41H2,1-11H3. The molecule has 0 bridgehead atoms. The zero-order valence-corrected chi connectivity index (χ0v) is 41.4. The molecule has 0 saturated carbocycles. The molecule has 0 aromatic heterocycles. The Kier molecular flexibility index (Phi) is 15.5. The van der Waals surface area contributed by atoms with E-state index in [9.17, 15) is 14.4 Å². The van der Waals surface area contributed by atoms with Gasteiger partial charge in [-0.1, -0.05) is 185 Å². The monoisotopic (exact) mass is 859 g/mol. The number of carbonyl (C=O) groups excluding carboxylic acids is 3. The van der Waals surface area contributed by atoms with E-state index in [2.05, 4.69) is 137 Å². The van der Waals surface area contributed by atoms with Gasteiger partial charge in [0.15, 0.2) is 11.6 Å². The van der Waals surface area contributed by atoms with Crippen LogP contribution in [0.1, 0.15) is 231 Å². The number of carbonyl (C=O) groups is 3. The van der Waals surface area contributed by atoms with Gasteiger partial charge >= 0.3 is 0 Å². The van der Waals surface area contributed by atoms with Crippen LogP contribution in [0.25, 0.3) is 23.3 Å². The second-order valence-electron chi connectivity index (χ2n) is 22.2. The molecule has 2 aliphatic rings. The van der Waals surface area contributed by atoms with Gasteiger partial charge in [-0.3, -0.25) is 14.4 Å². The molecule has 4 aromatic carbocycles. The molecule has 6 rings (SSSR count). The number of Topliss-reactive ketones (excluding diaryl/α,β-unsaturated/α-hetero) is 3. The highest BCUT2D eigenvalue weighted by Crippen LogP contribution is 2.48. The highest BCUT2D eigenvalue weighted by Gasteiger charge is 2.38. The van der Waals surface area contributed by atoms with Crippen LogP contribution in [0.5, 0.6) is 0 Å². The van der Waals surface area contributed by atoms with Crippen LogP contribution in [0.15, 0.2) is 84.9 Å². The van der Waals surface area contributed by atoms with Crippen LogP contribution < -0.4 is 0 Å². The van der Waals surface area contributed by atoms with Gasteiger partial charge < -0.3 is 0 Å². The van der Waals surface area contributed by atoms with Crippen molar-refractivity contribution in [1.82, 2.24) is 0 Å². The number of benzene rings is 4. The van der Waals surface area contributed by atoms with Crippen molar-refractivity contribution in [2.24, 2.45) is 5.92 Å². The SMILES string of the molecule is CCCCCC(=O)C(CCCCCC(=O)c1ccc(C=C(C)c2ccc3c(c2)C(C)(C)CCC3(C)C)cc1)CC(=O)c1ccc(C=C(C)c2ccc3c(c2)C(C)(C)CCC3(C)C)cc1. The molecule has 0 N–H and O–H groups in total. The predicted octanol–water partition coefficient (Wildman–Crippen LogP) is 16.7. The molecule has 64 heavy (non-hydrogen) atoms. The lowest BCUT2D eigenvalue weighted by Gasteiger charge is -2.42. The van der Waals surface area contributed by atoms with Gasteiger partial charge in [0, 0.05) is 36.3 Å². The molecule has 0 spiro atoms. The number of fused-ring (bicyclic) bond motifs is 2. The van der Waals surface area contributed by atoms with Crippen molar-refractivity contribution in [3.8, 4) is 0 Å². The van der Waals surface area contributed by atoms with E-state index in [1.54, 1.807) is 0 Å². The summed E-state index contributed by atoms with van der Waals surface area (Å²) in [5, 5.41) is 0. The highest BCUT2D eigenvalue weighted by atomic mass is 16.1. The van der Waals surface area contributed by atoms with Crippen molar-refractivity contribution in [3.05, 3.63) is 141 Å². The second kappa shape index (κ2) is 20.3. The molecule has 1 atom stereocenters. The number of rotatable bonds is 19. The summed E-state index contributed by atoms with van der Waals surface area (Å²) in [7, 11) is 0. The smallest absolute Gasteiger partial charge is 0.163 e. The van der Waals surface area contributed by atoms with Gasteiger partial charge in [0.1, 0.15) is 5.78 Å². The molecule has 0 fully saturated rings. The Balaban J connectivity index is 1.01. The molecule has 0 aliphatic heterocycles. The number of hydrogen-bond donors (Lipinski definition) is 0. The van der Waals surface area contributed by atoms with Gasteiger partial charge in [-0.2, -0.15) is 0 Å².